The Morgan fingerprint density at radius 3 is 2.47 bits per heavy atom. The molecule has 1 aliphatic heterocycles. The maximum atomic E-state index is 14.5. The number of methoxy groups -OCH3 is 1. The summed E-state index contributed by atoms with van der Waals surface area (Å²) in [6, 6.07) is 20.0. The van der Waals surface area contributed by atoms with E-state index in [9.17, 15) is 36.0 Å². The number of halogens is 3. The molecule has 330 valence electrons. The second-order valence-electron chi connectivity index (χ2n) is 16.4. The molecule has 0 spiro atoms. The zero-order valence-corrected chi connectivity index (χ0v) is 35.2. The lowest BCUT2D eigenvalue weighted by molar-refractivity contribution is -0.274. The molecule has 3 amide bonds. The quantitative estimate of drug-likeness (QED) is 0.0641. The summed E-state index contributed by atoms with van der Waals surface area (Å²) >= 11 is 0. The lowest BCUT2D eigenvalue weighted by Gasteiger charge is -2.28. The van der Waals surface area contributed by atoms with Crippen LogP contribution in [0.3, 0.4) is 0 Å². The van der Waals surface area contributed by atoms with Crippen LogP contribution >= 0.6 is 0 Å². The number of sulfonamides is 1. The predicted molar refractivity (Wildman–Crippen MR) is 227 cm³/mol. The van der Waals surface area contributed by atoms with E-state index in [-0.39, 0.29) is 36.9 Å². The van der Waals surface area contributed by atoms with Gasteiger partial charge in [0, 0.05) is 47.2 Å². The fourth-order valence-corrected chi connectivity index (χ4v) is 9.04. The summed E-state index contributed by atoms with van der Waals surface area (Å²) < 4.78 is 81.7. The topological polar surface area (TPSA) is 179 Å². The maximum absolute atomic E-state index is 14.5. The van der Waals surface area contributed by atoms with Crippen molar-refractivity contribution in [2.75, 3.05) is 19.0 Å². The van der Waals surface area contributed by atoms with Gasteiger partial charge >= 0.3 is 6.36 Å². The van der Waals surface area contributed by atoms with Crippen LogP contribution in [0, 0.1) is 11.8 Å². The number of alkyl halides is 3. The Labute approximate surface area is 358 Å². The minimum atomic E-state index is -4.92. The number of hydrogen-bond donors (Lipinski definition) is 3. The summed E-state index contributed by atoms with van der Waals surface area (Å²) in [7, 11) is -2.12. The molecule has 4 aromatic rings. The largest absolute Gasteiger partial charge is 0.573 e. The highest BCUT2D eigenvalue weighted by molar-refractivity contribution is 7.91. The van der Waals surface area contributed by atoms with Gasteiger partial charge in [-0.3, -0.25) is 19.1 Å². The monoisotopic (exact) mass is 877 g/mol. The van der Waals surface area contributed by atoms with E-state index in [0.29, 0.717) is 66.6 Å². The van der Waals surface area contributed by atoms with Gasteiger partial charge in [0.25, 0.3) is 0 Å². The first-order valence-electron chi connectivity index (χ1n) is 20.7. The Kier molecular flexibility index (Phi) is 13.0. The van der Waals surface area contributed by atoms with Crippen molar-refractivity contribution in [2.45, 2.75) is 94.0 Å². The van der Waals surface area contributed by atoms with Gasteiger partial charge in [-0.2, -0.15) is 0 Å². The van der Waals surface area contributed by atoms with E-state index in [1.165, 1.54) is 17.0 Å². The molecule has 2 heterocycles. The third-order valence-electron chi connectivity index (χ3n) is 11.7. The number of aromatic nitrogens is 1. The number of anilines is 1. The van der Waals surface area contributed by atoms with Crippen molar-refractivity contribution < 1.29 is 50.2 Å². The number of ether oxygens (including phenoxy) is 3. The van der Waals surface area contributed by atoms with Gasteiger partial charge in [0.2, 0.25) is 27.7 Å². The number of benzene rings is 3. The van der Waals surface area contributed by atoms with Crippen LogP contribution in [0.5, 0.6) is 17.2 Å². The zero-order valence-electron chi connectivity index (χ0n) is 34.4. The highest BCUT2D eigenvalue weighted by Crippen LogP contribution is 2.44. The predicted octanol–water partition coefficient (Wildman–Crippen LogP) is 7.26. The van der Waals surface area contributed by atoms with E-state index < -0.39 is 62.8 Å². The summed E-state index contributed by atoms with van der Waals surface area (Å²) in [5.41, 5.74) is 8.21. The highest BCUT2D eigenvalue weighted by Gasteiger charge is 2.52. The highest BCUT2D eigenvalue weighted by atomic mass is 32.2. The zero-order chi connectivity index (χ0) is 44.2. The normalized spacial score (nSPS) is 21.0. The van der Waals surface area contributed by atoms with E-state index in [1.807, 2.05) is 54.6 Å². The van der Waals surface area contributed by atoms with Gasteiger partial charge in [0.05, 0.1) is 29.6 Å². The number of pyridine rings is 1. The number of rotatable bonds is 19. The second kappa shape index (κ2) is 18.2. The van der Waals surface area contributed by atoms with E-state index >= 15 is 0 Å². The Balaban J connectivity index is 1.02. The van der Waals surface area contributed by atoms with E-state index in [4.69, 9.17) is 20.2 Å². The Bertz CT molecular complexity index is 2430. The summed E-state index contributed by atoms with van der Waals surface area (Å²) in [6.07, 6.45) is 3.03. The molecule has 5 atom stereocenters. The van der Waals surface area contributed by atoms with Gasteiger partial charge < -0.3 is 30.2 Å². The molecular formula is C45H50F3N5O8S. The fraction of sp³-hybridized carbons (Fsp3) is 0.422. The van der Waals surface area contributed by atoms with Crippen molar-refractivity contribution in [2.24, 2.45) is 17.6 Å². The second-order valence-corrected chi connectivity index (χ2v) is 18.6. The van der Waals surface area contributed by atoms with Gasteiger partial charge in [-0.05, 0) is 75.6 Å². The van der Waals surface area contributed by atoms with Gasteiger partial charge in [-0.15, -0.1) is 13.2 Å². The summed E-state index contributed by atoms with van der Waals surface area (Å²) in [5, 5.41) is 3.78. The summed E-state index contributed by atoms with van der Waals surface area (Å²) in [5.74, 6) is -1.43. The van der Waals surface area contributed by atoms with Crippen LogP contribution in [0.15, 0.2) is 91.0 Å². The third kappa shape index (κ3) is 10.8. The maximum Gasteiger partial charge on any atom is 0.573 e. The number of nitrogens with one attached hydrogen (secondary N) is 2. The summed E-state index contributed by atoms with van der Waals surface area (Å²) in [6.45, 7) is 1.64. The molecule has 2 saturated carbocycles. The van der Waals surface area contributed by atoms with Crippen LogP contribution in [0.1, 0.15) is 64.7 Å². The van der Waals surface area contributed by atoms with Crippen LogP contribution in [0.2, 0.25) is 0 Å². The van der Waals surface area contributed by atoms with E-state index in [1.54, 1.807) is 26.2 Å². The van der Waals surface area contributed by atoms with Gasteiger partial charge in [-0.1, -0.05) is 61.4 Å². The molecular weight excluding hydrogens is 828 g/mol. The Hall–Kier alpha value is -5.84. The molecule has 3 aromatic carbocycles. The molecule has 0 bridgehead atoms. The van der Waals surface area contributed by atoms with E-state index in [2.05, 4.69) is 14.8 Å². The van der Waals surface area contributed by atoms with Crippen LogP contribution < -0.4 is 30.0 Å². The third-order valence-corrected chi connectivity index (χ3v) is 13.9. The molecule has 62 heavy (non-hydrogen) atoms. The van der Waals surface area contributed by atoms with Crippen molar-refractivity contribution in [3.63, 3.8) is 0 Å². The number of carbonyl (C=O) groups excluding carboxylic acids is 3. The first kappa shape index (κ1) is 44.2. The first-order valence-corrected chi connectivity index (χ1v) is 22.2. The molecule has 7 rings (SSSR count). The number of amides is 3. The van der Waals surface area contributed by atoms with Crippen LogP contribution in [0.4, 0.5) is 18.9 Å². The molecule has 0 radical (unpaired) electrons. The number of allylic oxidation sites excluding steroid dienone is 2. The number of hydrogen-bond acceptors (Lipinski definition) is 10. The molecule has 1 unspecified atom stereocenters. The molecule has 2 aliphatic carbocycles. The Morgan fingerprint density at radius 2 is 1.76 bits per heavy atom. The molecule has 17 heteroatoms. The van der Waals surface area contributed by atoms with Crippen LogP contribution in [-0.4, -0.2) is 79.0 Å². The smallest absolute Gasteiger partial charge is 0.497 e. The number of nitrogens with zero attached hydrogens (tertiary/aromatic N) is 2. The lowest BCUT2D eigenvalue weighted by atomic mass is 10.0. The number of fused-ring (bicyclic) bond motifs is 1. The van der Waals surface area contributed by atoms with Crippen molar-refractivity contribution in [3.05, 3.63) is 91.0 Å². The molecule has 4 N–H and O–H groups in total. The number of carbonyl (C=O) groups is 3. The number of nitrogens with two attached hydrogens (primary N) is 1. The van der Waals surface area contributed by atoms with Crippen molar-refractivity contribution >= 4 is 44.3 Å². The SMILES string of the molecule is COc1ccc2c(OC3C[C@@H](C(N)=O)N(C(=O)[C@H](CCCCC/C=C\[C@@H]4C[C@@H]4C(=O)NS(=O)(=O)C4(C)CC4)Nc4cccc(OC(F)(F)F)c4)C3)cc(-c3ccccc3)nc2c1. The number of likely N-dealkylation sites (tertiary alicyclic amines) is 1. The average molecular weight is 878 g/mol. The van der Waals surface area contributed by atoms with Gasteiger partial charge in [-0.25, -0.2) is 13.4 Å². The number of unbranched alkanes of at least 4 members (excludes halogenated alkanes) is 3. The molecule has 3 aliphatic rings. The molecule has 3 fully saturated rings. The molecule has 1 aromatic heterocycles. The van der Waals surface area contributed by atoms with Gasteiger partial charge in [0.15, 0.2) is 0 Å². The molecule has 13 nitrogen and oxygen atoms in total. The van der Waals surface area contributed by atoms with Crippen molar-refractivity contribution in [1.82, 2.24) is 14.6 Å². The molecule has 1 saturated heterocycles. The van der Waals surface area contributed by atoms with Crippen molar-refractivity contribution in [3.8, 4) is 28.5 Å². The van der Waals surface area contributed by atoms with Gasteiger partial charge in [0.1, 0.15) is 35.4 Å². The van der Waals surface area contributed by atoms with Crippen LogP contribution in [-0.2, 0) is 24.4 Å². The van der Waals surface area contributed by atoms with E-state index in [0.717, 1.165) is 24.1 Å². The van der Waals surface area contributed by atoms with Crippen molar-refractivity contribution in [1.29, 1.82) is 0 Å². The Morgan fingerprint density at radius 1 is 0.984 bits per heavy atom. The van der Waals surface area contributed by atoms with Crippen LogP contribution in [0.25, 0.3) is 22.2 Å². The summed E-state index contributed by atoms with van der Waals surface area (Å²) in [4.78, 5) is 46.1. The lowest BCUT2D eigenvalue weighted by Crippen LogP contribution is -2.49. The minimum absolute atomic E-state index is 0.0126. The standard InChI is InChI=1S/C45H50F3N5O8S/c1-44(20-21-44)62(57,58)52-42(55)35-22-29(35)14-7-4-3-5-10-17-36(50-30-15-11-16-32(23-30)61-45(46,47)48)43(56)53-27-33(25-39(53)41(49)54)60-40-26-37(28-12-8-6-9-13-28)51-38-24-31(59-2)18-19-34(38)40/h6-9,11-16,18-19,23-24,26,29,33,35-36,39,50H,3-5,10,17,20-22,25,27H2,1-2H3,(H2,49,54)(H,52,55)/b14-7-/t29-,33?,35+,36+,39+/m1/s1. The number of primary amides is 1. The fourth-order valence-electron chi connectivity index (χ4n) is 7.74. The minimum Gasteiger partial charge on any atom is -0.497 e. The average Bonchev–Trinajstić information content (AvgIpc) is 4.15. The first-order chi connectivity index (χ1) is 29.5.